The summed E-state index contributed by atoms with van der Waals surface area (Å²) >= 11 is 0. The van der Waals surface area contributed by atoms with E-state index in [9.17, 15) is 9.18 Å². The molecule has 1 atom stereocenters. The van der Waals surface area contributed by atoms with Gasteiger partial charge in [-0.15, -0.1) is 0 Å². The lowest BCUT2D eigenvalue weighted by Crippen LogP contribution is -2.36. The van der Waals surface area contributed by atoms with Crippen LogP contribution in [-0.2, 0) is 11.3 Å². The van der Waals surface area contributed by atoms with Crippen LogP contribution in [0.2, 0.25) is 0 Å². The third kappa shape index (κ3) is 4.74. The Balaban J connectivity index is 2.08. The number of anilines is 1. The zero-order chi connectivity index (χ0) is 17.0. The predicted octanol–water partition coefficient (Wildman–Crippen LogP) is 3.70. The van der Waals surface area contributed by atoms with Crippen molar-refractivity contribution < 1.29 is 9.18 Å². The van der Waals surface area contributed by atoms with Gasteiger partial charge < -0.3 is 5.32 Å². The standard InChI is InChI=1S/C18H28FN3O/c1-5-18(3,4)17(23)21-16-9-14(13(2)10-20-16)11-22-8-6-7-15(19)12-22/h9-10,15H,5-8,11-12H2,1-4H3,(H,20,21,23). The molecule has 0 bridgehead atoms. The van der Waals surface area contributed by atoms with Gasteiger partial charge in [-0.05, 0) is 49.9 Å². The molecule has 128 valence electrons. The molecule has 0 spiro atoms. The van der Waals surface area contributed by atoms with E-state index < -0.39 is 11.6 Å². The van der Waals surface area contributed by atoms with E-state index in [1.807, 2.05) is 33.8 Å². The van der Waals surface area contributed by atoms with E-state index in [1.54, 1.807) is 6.20 Å². The number of halogens is 1. The maximum absolute atomic E-state index is 13.5. The molecule has 2 heterocycles. The summed E-state index contributed by atoms with van der Waals surface area (Å²) in [4.78, 5) is 18.7. The fraction of sp³-hybridized carbons (Fsp3) is 0.667. The van der Waals surface area contributed by atoms with E-state index in [0.29, 0.717) is 25.3 Å². The molecule has 4 nitrogen and oxygen atoms in total. The summed E-state index contributed by atoms with van der Waals surface area (Å²) in [5.41, 5.74) is 1.75. The number of carbonyl (C=O) groups excluding carboxylic acids is 1. The summed E-state index contributed by atoms with van der Waals surface area (Å²) in [6, 6.07) is 1.92. The lowest BCUT2D eigenvalue weighted by molar-refractivity contribution is -0.124. The highest BCUT2D eigenvalue weighted by atomic mass is 19.1. The van der Waals surface area contributed by atoms with Crippen molar-refractivity contribution >= 4 is 11.7 Å². The van der Waals surface area contributed by atoms with Crippen molar-refractivity contribution in [1.82, 2.24) is 9.88 Å². The Labute approximate surface area is 138 Å². The number of likely N-dealkylation sites (tertiary alicyclic amines) is 1. The van der Waals surface area contributed by atoms with E-state index in [4.69, 9.17) is 0 Å². The number of alkyl halides is 1. The molecule has 1 saturated heterocycles. The van der Waals surface area contributed by atoms with Crippen molar-refractivity contribution in [3.8, 4) is 0 Å². The van der Waals surface area contributed by atoms with Gasteiger partial charge in [0.05, 0.1) is 0 Å². The number of pyridine rings is 1. The Bertz CT molecular complexity index is 559. The van der Waals surface area contributed by atoms with Crippen molar-refractivity contribution in [2.45, 2.75) is 59.7 Å². The van der Waals surface area contributed by atoms with Gasteiger partial charge in [0.1, 0.15) is 12.0 Å². The highest BCUT2D eigenvalue weighted by Crippen LogP contribution is 2.23. The molecule has 1 aromatic heterocycles. The van der Waals surface area contributed by atoms with Crippen LogP contribution in [0.15, 0.2) is 12.3 Å². The smallest absolute Gasteiger partial charge is 0.231 e. The fourth-order valence-corrected chi connectivity index (χ4v) is 2.63. The molecule has 23 heavy (non-hydrogen) atoms. The number of nitrogens with zero attached hydrogens (tertiary/aromatic N) is 2. The minimum atomic E-state index is -0.726. The molecular weight excluding hydrogens is 293 g/mol. The largest absolute Gasteiger partial charge is 0.310 e. The molecule has 2 rings (SSSR count). The van der Waals surface area contributed by atoms with E-state index in [1.165, 1.54) is 0 Å². The molecule has 1 aliphatic heterocycles. The second kappa shape index (κ2) is 7.39. The highest BCUT2D eigenvalue weighted by molar-refractivity contribution is 5.94. The Morgan fingerprint density at radius 3 is 2.91 bits per heavy atom. The van der Waals surface area contributed by atoms with E-state index >= 15 is 0 Å². The molecule has 0 saturated carbocycles. The van der Waals surface area contributed by atoms with E-state index in [2.05, 4.69) is 15.2 Å². The summed E-state index contributed by atoms with van der Waals surface area (Å²) in [6.07, 6.45) is 3.39. The number of piperidine rings is 1. The van der Waals surface area contributed by atoms with Gasteiger partial charge in [0.15, 0.2) is 0 Å². The molecule has 5 heteroatoms. The first-order chi connectivity index (χ1) is 10.8. The Morgan fingerprint density at radius 1 is 1.52 bits per heavy atom. The molecule has 1 aromatic rings. The molecular formula is C18H28FN3O. The number of aromatic nitrogens is 1. The molecule has 1 aliphatic rings. The average Bonchev–Trinajstić information content (AvgIpc) is 2.50. The van der Waals surface area contributed by atoms with Crippen molar-refractivity contribution in [2.75, 3.05) is 18.4 Å². The van der Waals surface area contributed by atoms with Crippen LogP contribution in [0.1, 0.15) is 51.2 Å². The Hall–Kier alpha value is -1.49. The maximum Gasteiger partial charge on any atom is 0.231 e. The average molecular weight is 321 g/mol. The van der Waals surface area contributed by atoms with E-state index in [0.717, 1.165) is 30.5 Å². The van der Waals surface area contributed by atoms with Crippen LogP contribution >= 0.6 is 0 Å². The van der Waals surface area contributed by atoms with Gasteiger partial charge in [-0.2, -0.15) is 0 Å². The van der Waals surface area contributed by atoms with Crippen LogP contribution in [0.3, 0.4) is 0 Å². The van der Waals surface area contributed by atoms with Gasteiger partial charge in [-0.1, -0.05) is 20.8 Å². The van der Waals surface area contributed by atoms with Crippen molar-refractivity contribution in [1.29, 1.82) is 0 Å². The summed E-state index contributed by atoms with van der Waals surface area (Å²) in [7, 11) is 0. The summed E-state index contributed by atoms with van der Waals surface area (Å²) in [6.45, 7) is 9.96. The maximum atomic E-state index is 13.5. The molecule has 1 amide bonds. The van der Waals surface area contributed by atoms with Crippen LogP contribution in [0, 0.1) is 12.3 Å². The predicted molar refractivity (Wildman–Crippen MR) is 91.1 cm³/mol. The number of carbonyl (C=O) groups is 1. The van der Waals surface area contributed by atoms with Crippen molar-refractivity contribution in [3.63, 3.8) is 0 Å². The van der Waals surface area contributed by atoms with Gasteiger partial charge >= 0.3 is 0 Å². The first-order valence-electron chi connectivity index (χ1n) is 8.45. The Morgan fingerprint density at radius 2 is 2.26 bits per heavy atom. The normalized spacial score (nSPS) is 19.6. The van der Waals surface area contributed by atoms with Crippen LogP contribution < -0.4 is 5.32 Å². The van der Waals surface area contributed by atoms with Gasteiger partial charge in [-0.25, -0.2) is 9.37 Å². The zero-order valence-electron chi connectivity index (χ0n) is 14.7. The minimum Gasteiger partial charge on any atom is -0.310 e. The third-order valence-electron chi connectivity index (χ3n) is 4.80. The van der Waals surface area contributed by atoms with Crippen LogP contribution in [0.4, 0.5) is 10.2 Å². The zero-order valence-corrected chi connectivity index (χ0v) is 14.7. The van der Waals surface area contributed by atoms with Gasteiger partial charge in [0.25, 0.3) is 0 Å². The second-order valence-electron chi connectivity index (χ2n) is 7.16. The minimum absolute atomic E-state index is 0.0240. The third-order valence-corrected chi connectivity index (χ3v) is 4.80. The molecule has 1 fully saturated rings. The summed E-state index contributed by atoms with van der Waals surface area (Å²) < 4.78 is 13.5. The number of rotatable bonds is 5. The topological polar surface area (TPSA) is 45.2 Å². The van der Waals surface area contributed by atoms with Gasteiger partial charge in [0.2, 0.25) is 5.91 Å². The summed E-state index contributed by atoms with van der Waals surface area (Å²) in [5.74, 6) is 0.551. The summed E-state index contributed by atoms with van der Waals surface area (Å²) in [5, 5.41) is 2.90. The van der Waals surface area contributed by atoms with Gasteiger partial charge in [0, 0.05) is 24.7 Å². The first kappa shape index (κ1) is 17.9. The quantitative estimate of drug-likeness (QED) is 0.899. The lowest BCUT2D eigenvalue weighted by Gasteiger charge is -2.29. The highest BCUT2D eigenvalue weighted by Gasteiger charge is 2.26. The monoisotopic (exact) mass is 321 g/mol. The number of nitrogens with one attached hydrogen (secondary N) is 1. The van der Waals surface area contributed by atoms with Crippen LogP contribution in [0.25, 0.3) is 0 Å². The molecule has 1 N–H and O–H groups in total. The van der Waals surface area contributed by atoms with Crippen LogP contribution in [0.5, 0.6) is 0 Å². The molecule has 1 unspecified atom stereocenters. The SMILES string of the molecule is CCC(C)(C)C(=O)Nc1cc(CN2CCCC(F)C2)c(C)cn1. The van der Waals surface area contributed by atoms with Crippen molar-refractivity contribution in [3.05, 3.63) is 23.4 Å². The fourth-order valence-electron chi connectivity index (χ4n) is 2.63. The Kier molecular flexibility index (Phi) is 5.74. The number of hydrogen-bond acceptors (Lipinski definition) is 3. The number of amides is 1. The van der Waals surface area contributed by atoms with E-state index in [-0.39, 0.29) is 5.91 Å². The number of aryl methyl sites for hydroxylation is 1. The van der Waals surface area contributed by atoms with Crippen LogP contribution in [-0.4, -0.2) is 35.1 Å². The second-order valence-corrected chi connectivity index (χ2v) is 7.16. The lowest BCUT2D eigenvalue weighted by atomic mass is 9.89. The molecule has 0 radical (unpaired) electrons. The van der Waals surface area contributed by atoms with Gasteiger partial charge in [-0.3, -0.25) is 9.69 Å². The molecule has 0 aliphatic carbocycles. The number of hydrogen-bond donors (Lipinski definition) is 1. The first-order valence-corrected chi connectivity index (χ1v) is 8.45. The van der Waals surface area contributed by atoms with Crippen molar-refractivity contribution in [2.24, 2.45) is 5.41 Å². The molecule has 0 aromatic carbocycles.